The fraction of sp³-hybridized carbons (Fsp3) is 0.286. The molecular formula is C21H22N2O3. The number of para-hydroxylation sites is 1. The highest BCUT2D eigenvalue weighted by molar-refractivity contribution is 5.98. The Balaban J connectivity index is 1.59. The maximum Gasteiger partial charge on any atom is 0.268 e. The summed E-state index contributed by atoms with van der Waals surface area (Å²) in [5, 5.41) is 4.18. The number of nitrogens with one attached hydrogen (secondary N) is 2. The van der Waals surface area contributed by atoms with Gasteiger partial charge in [0.1, 0.15) is 18.9 Å². The first kappa shape index (κ1) is 16.5. The molecule has 1 aromatic heterocycles. The van der Waals surface area contributed by atoms with Crippen LogP contribution in [0.2, 0.25) is 0 Å². The molecule has 2 aromatic carbocycles. The average molecular weight is 350 g/mol. The second-order valence-corrected chi connectivity index (χ2v) is 6.87. The number of amides is 1. The average Bonchev–Trinajstić information content (AvgIpc) is 3.09. The van der Waals surface area contributed by atoms with Gasteiger partial charge in [0.25, 0.3) is 5.91 Å². The van der Waals surface area contributed by atoms with Crippen molar-refractivity contribution in [3.05, 3.63) is 59.8 Å². The molecule has 1 atom stereocenters. The van der Waals surface area contributed by atoms with Crippen molar-refractivity contribution in [3.8, 4) is 11.5 Å². The molecule has 1 aliphatic rings. The summed E-state index contributed by atoms with van der Waals surface area (Å²) in [6, 6.07) is 15.5. The maximum atomic E-state index is 12.8. The molecule has 0 spiro atoms. The second-order valence-electron chi connectivity index (χ2n) is 6.87. The van der Waals surface area contributed by atoms with Crippen LogP contribution in [0.5, 0.6) is 11.5 Å². The van der Waals surface area contributed by atoms with Gasteiger partial charge >= 0.3 is 0 Å². The van der Waals surface area contributed by atoms with Crippen LogP contribution in [0.4, 0.5) is 0 Å². The van der Waals surface area contributed by atoms with Crippen LogP contribution in [0.25, 0.3) is 10.9 Å². The number of fused-ring (bicyclic) bond motifs is 2. The van der Waals surface area contributed by atoms with Gasteiger partial charge in [-0.1, -0.05) is 38.1 Å². The van der Waals surface area contributed by atoms with Crippen LogP contribution in [0.1, 0.15) is 35.9 Å². The molecule has 0 aliphatic carbocycles. The van der Waals surface area contributed by atoms with E-state index in [0.717, 1.165) is 28.0 Å². The van der Waals surface area contributed by atoms with Gasteiger partial charge in [0.2, 0.25) is 0 Å². The standard InChI is InChI=1S/C21H22N2O3/c1-13(2)20(15-7-8-18-19(12-15)26-10-9-25-18)23-21(24)17-11-14-5-3-4-6-16(14)22-17/h3-8,11-13,20,22H,9-10H2,1-2H3,(H,23,24)/t20-/m0/s1. The molecule has 5 heteroatoms. The minimum atomic E-state index is -0.121. The Bertz CT molecular complexity index is 912. The van der Waals surface area contributed by atoms with Crippen LogP contribution in [0, 0.1) is 5.92 Å². The summed E-state index contributed by atoms with van der Waals surface area (Å²) in [6.45, 7) is 5.29. The Hall–Kier alpha value is -2.95. The number of rotatable bonds is 4. The molecule has 0 saturated heterocycles. The van der Waals surface area contributed by atoms with E-state index in [0.29, 0.717) is 18.9 Å². The summed E-state index contributed by atoms with van der Waals surface area (Å²) in [5.74, 6) is 1.60. The molecule has 26 heavy (non-hydrogen) atoms. The van der Waals surface area contributed by atoms with Crippen molar-refractivity contribution in [2.45, 2.75) is 19.9 Å². The van der Waals surface area contributed by atoms with E-state index in [1.165, 1.54) is 0 Å². The van der Waals surface area contributed by atoms with Crippen LogP contribution in [-0.2, 0) is 0 Å². The minimum absolute atomic E-state index is 0.116. The van der Waals surface area contributed by atoms with Gasteiger partial charge in [0.15, 0.2) is 11.5 Å². The molecule has 4 rings (SSSR count). The predicted molar refractivity (Wildman–Crippen MR) is 101 cm³/mol. The molecule has 2 N–H and O–H groups in total. The SMILES string of the molecule is CC(C)[C@H](NC(=O)c1cc2ccccc2[nH]1)c1ccc2c(c1)OCCO2. The number of ether oxygens (including phenoxy) is 2. The molecule has 0 radical (unpaired) electrons. The molecule has 0 unspecified atom stereocenters. The van der Waals surface area contributed by atoms with Gasteiger partial charge in [-0.25, -0.2) is 0 Å². The lowest BCUT2D eigenvalue weighted by atomic mass is 9.95. The number of hydrogen-bond donors (Lipinski definition) is 2. The Kier molecular flexibility index (Phi) is 4.29. The smallest absolute Gasteiger partial charge is 0.268 e. The van der Waals surface area contributed by atoms with E-state index in [9.17, 15) is 4.79 Å². The fourth-order valence-corrected chi connectivity index (χ4v) is 3.30. The third kappa shape index (κ3) is 3.12. The van der Waals surface area contributed by atoms with Crippen molar-refractivity contribution in [2.75, 3.05) is 13.2 Å². The number of aromatic nitrogens is 1. The third-order valence-corrected chi connectivity index (χ3v) is 4.65. The predicted octanol–water partition coefficient (Wildman–Crippen LogP) is 4.07. The summed E-state index contributed by atoms with van der Waals surface area (Å²) in [5.41, 5.74) is 2.53. The Morgan fingerprint density at radius 1 is 1.04 bits per heavy atom. The number of carbonyl (C=O) groups excluding carboxylic acids is 1. The number of carbonyl (C=O) groups is 1. The summed E-state index contributed by atoms with van der Waals surface area (Å²) >= 11 is 0. The first-order valence-electron chi connectivity index (χ1n) is 8.90. The normalized spacial score (nSPS) is 14.4. The molecule has 5 nitrogen and oxygen atoms in total. The van der Waals surface area contributed by atoms with E-state index in [-0.39, 0.29) is 17.9 Å². The quantitative estimate of drug-likeness (QED) is 0.746. The van der Waals surface area contributed by atoms with Crippen molar-refractivity contribution in [1.29, 1.82) is 0 Å². The van der Waals surface area contributed by atoms with Gasteiger partial charge in [-0.3, -0.25) is 4.79 Å². The van der Waals surface area contributed by atoms with Crippen molar-refractivity contribution >= 4 is 16.8 Å². The molecule has 1 amide bonds. The third-order valence-electron chi connectivity index (χ3n) is 4.65. The lowest BCUT2D eigenvalue weighted by Crippen LogP contribution is -2.32. The van der Waals surface area contributed by atoms with E-state index in [2.05, 4.69) is 24.1 Å². The largest absolute Gasteiger partial charge is 0.486 e. The zero-order valence-corrected chi connectivity index (χ0v) is 14.9. The molecule has 134 valence electrons. The van der Waals surface area contributed by atoms with Gasteiger partial charge in [-0.05, 0) is 35.7 Å². The summed E-state index contributed by atoms with van der Waals surface area (Å²) in [4.78, 5) is 16.0. The fourth-order valence-electron chi connectivity index (χ4n) is 3.30. The van der Waals surface area contributed by atoms with Crippen LogP contribution < -0.4 is 14.8 Å². The molecule has 0 saturated carbocycles. The van der Waals surface area contributed by atoms with E-state index in [4.69, 9.17) is 9.47 Å². The van der Waals surface area contributed by atoms with Gasteiger partial charge in [0.05, 0.1) is 6.04 Å². The van der Waals surface area contributed by atoms with Crippen molar-refractivity contribution in [2.24, 2.45) is 5.92 Å². The Morgan fingerprint density at radius 3 is 2.58 bits per heavy atom. The molecule has 3 aromatic rings. The molecule has 0 fully saturated rings. The summed E-state index contributed by atoms with van der Waals surface area (Å²) < 4.78 is 11.3. The zero-order valence-electron chi connectivity index (χ0n) is 14.9. The summed E-state index contributed by atoms with van der Waals surface area (Å²) in [6.07, 6.45) is 0. The second kappa shape index (κ2) is 6.75. The highest BCUT2D eigenvalue weighted by Gasteiger charge is 2.22. The number of hydrogen-bond acceptors (Lipinski definition) is 3. The lowest BCUT2D eigenvalue weighted by molar-refractivity contribution is 0.0921. The highest BCUT2D eigenvalue weighted by atomic mass is 16.6. The number of aromatic amines is 1. The summed E-state index contributed by atoms with van der Waals surface area (Å²) in [7, 11) is 0. The van der Waals surface area contributed by atoms with Crippen molar-refractivity contribution in [1.82, 2.24) is 10.3 Å². The molecule has 0 bridgehead atoms. The number of H-pyrrole nitrogens is 1. The Morgan fingerprint density at radius 2 is 1.81 bits per heavy atom. The first-order valence-corrected chi connectivity index (χ1v) is 8.90. The van der Waals surface area contributed by atoms with Gasteiger partial charge in [-0.2, -0.15) is 0 Å². The van der Waals surface area contributed by atoms with Crippen LogP contribution >= 0.6 is 0 Å². The van der Waals surface area contributed by atoms with Gasteiger partial charge in [0, 0.05) is 10.9 Å². The van der Waals surface area contributed by atoms with Gasteiger partial charge in [-0.15, -0.1) is 0 Å². The topological polar surface area (TPSA) is 63.4 Å². The molecule has 2 heterocycles. The van der Waals surface area contributed by atoms with E-state index >= 15 is 0 Å². The Labute approximate surface area is 152 Å². The highest BCUT2D eigenvalue weighted by Crippen LogP contribution is 2.34. The van der Waals surface area contributed by atoms with E-state index in [1.807, 2.05) is 48.5 Å². The molecular weight excluding hydrogens is 328 g/mol. The molecule has 1 aliphatic heterocycles. The van der Waals surface area contributed by atoms with Gasteiger partial charge < -0.3 is 19.8 Å². The maximum absolute atomic E-state index is 12.8. The van der Waals surface area contributed by atoms with Crippen molar-refractivity contribution in [3.63, 3.8) is 0 Å². The number of benzene rings is 2. The van der Waals surface area contributed by atoms with E-state index < -0.39 is 0 Å². The van der Waals surface area contributed by atoms with Crippen molar-refractivity contribution < 1.29 is 14.3 Å². The van der Waals surface area contributed by atoms with E-state index in [1.54, 1.807) is 0 Å². The van der Waals surface area contributed by atoms with Crippen LogP contribution in [0.3, 0.4) is 0 Å². The van der Waals surface area contributed by atoms with Crippen LogP contribution in [-0.4, -0.2) is 24.1 Å². The monoisotopic (exact) mass is 350 g/mol. The zero-order chi connectivity index (χ0) is 18.1. The van der Waals surface area contributed by atoms with Crippen LogP contribution in [0.15, 0.2) is 48.5 Å². The first-order chi connectivity index (χ1) is 12.6. The minimum Gasteiger partial charge on any atom is -0.486 e. The lowest BCUT2D eigenvalue weighted by Gasteiger charge is -2.25.